The van der Waals surface area contributed by atoms with Gasteiger partial charge in [0.1, 0.15) is 6.33 Å². The van der Waals surface area contributed by atoms with Gasteiger partial charge in [-0.2, -0.15) is 0 Å². The van der Waals surface area contributed by atoms with Crippen molar-refractivity contribution < 1.29 is 4.79 Å². The van der Waals surface area contributed by atoms with Gasteiger partial charge in [0.05, 0.1) is 17.5 Å². The molecule has 26 heavy (non-hydrogen) atoms. The van der Waals surface area contributed by atoms with E-state index >= 15 is 0 Å². The summed E-state index contributed by atoms with van der Waals surface area (Å²) in [5.74, 6) is 0.108. The molecule has 0 aliphatic heterocycles. The minimum atomic E-state index is -0.178. The first-order valence-corrected chi connectivity index (χ1v) is 9.61. The van der Waals surface area contributed by atoms with Crippen LogP contribution in [0.25, 0.3) is 5.69 Å². The monoisotopic (exact) mass is 406 g/mol. The molecular formula is C18H16Cl2N4OS. The normalized spacial score (nSPS) is 12.0. The second-order valence-electron chi connectivity index (χ2n) is 5.56. The number of carbonyl (C=O) groups is 1. The molecular weight excluding hydrogens is 391 g/mol. The van der Waals surface area contributed by atoms with Gasteiger partial charge in [-0.3, -0.25) is 9.36 Å². The number of hydrogen-bond donors (Lipinski definition) is 1. The molecule has 0 radical (unpaired) electrons. The number of nitrogens with one attached hydrogen (secondary N) is 1. The Bertz CT molecular complexity index is 915. The predicted molar refractivity (Wildman–Crippen MR) is 105 cm³/mol. The highest BCUT2D eigenvalue weighted by Gasteiger charge is 2.14. The molecule has 1 heterocycles. The van der Waals surface area contributed by atoms with Gasteiger partial charge in [-0.05, 0) is 36.8 Å². The molecule has 0 aliphatic rings. The van der Waals surface area contributed by atoms with E-state index in [2.05, 4.69) is 15.5 Å². The van der Waals surface area contributed by atoms with Crippen LogP contribution in [0.1, 0.15) is 18.5 Å². The SMILES string of the molecule is CC(NC(=O)CSc1nncn1-c1cccc(Cl)c1)c1ccccc1Cl. The molecule has 0 aliphatic carbocycles. The van der Waals surface area contributed by atoms with Crippen LogP contribution < -0.4 is 5.32 Å². The fourth-order valence-corrected chi connectivity index (χ4v) is 3.67. The Morgan fingerprint density at radius 3 is 2.81 bits per heavy atom. The first-order valence-electron chi connectivity index (χ1n) is 7.87. The largest absolute Gasteiger partial charge is 0.349 e. The summed E-state index contributed by atoms with van der Waals surface area (Å²) >= 11 is 13.5. The summed E-state index contributed by atoms with van der Waals surface area (Å²) in [6.07, 6.45) is 1.60. The Hall–Kier alpha value is -2.02. The molecule has 5 nitrogen and oxygen atoms in total. The summed E-state index contributed by atoms with van der Waals surface area (Å²) in [5.41, 5.74) is 1.73. The first kappa shape index (κ1) is 18.8. The molecule has 1 amide bonds. The van der Waals surface area contributed by atoms with Crippen molar-refractivity contribution in [1.29, 1.82) is 0 Å². The van der Waals surface area contributed by atoms with Crippen molar-refractivity contribution in [1.82, 2.24) is 20.1 Å². The average Bonchev–Trinajstić information content (AvgIpc) is 3.09. The lowest BCUT2D eigenvalue weighted by Gasteiger charge is -2.15. The number of hydrogen-bond acceptors (Lipinski definition) is 4. The zero-order valence-corrected chi connectivity index (χ0v) is 16.2. The van der Waals surface area contributed by atoms with E-state index in [0.29, 0.717) is 15.2 Å². The number of carbonyl (C=O) groups excluding carboxylic acids is 1. The molecule has 134 valence electrons. The van der Waals surface area contributed by atoms with E-state index in [1.807, 2.05) is 49.4 Å². The van der Waals surface area contributed by atoms with Crippen LogP contribution in [-0.4, -0.2) is 26.4 Å². The highest BCUT2D eigenvalue weighted by molar-refractivity contribution is 7.99. The molecule has 1 aromatic heterocycles. The Kier molecular flexibility index (Phi) is 6.19. The van der Waals surface area contributed by atoms with Crippen LogP contribution >= 0.6 is 35.0 Å². The van der Waals surface area contributed by atoms with Gasteiger partial charge >= 0.3 is 0 Å². The summed E-state index contributed by atoms with van der Waals surface area (Å²) in [6.45, 7) is 1.90. The summed E-state index contributed by atoms with van der Waals surface area (Å²) in [4.78, 5) is 12.3. The lowest BCUT2D eigenvalue weighted by Crippen LogP contribution is -2.28. The minimum Gasteiger partial charge on any atom is -0.349 e. The zero-order valence-electron chi connectivity index (χ0n) is 13.9. The van der Waals surface area contributed by atoms with Crippen LogP contribution in [-0.2, 0) is 4.79 Å². The van der Waals surface area contributed by atoms with Crippen LogP contribution in [0.5, 0.6) is 0 Å². The maximum absolute atomic E-state index is 12.3. The predicted octanol–water partition coefficient (Wildman–Crippen LogP) is 4.54. The molecule has 1 atom stereocenters. The Labute approximate surface area is 165 Å². The van der Waals surface area contributed by atoms with Gasteiger partial charge in [0.2, 0.25) is 5.91 Å². The molecule has 0 saturated heterocycles. The molecule has 3 aromatic rings. The summed E-state index contributed by atoms with van der Waals surface area (Å²) < 4.78 is 1.79. The number of benzene rings is 2. The van der Waals surface area contributed by atoms with Crippen molar-refractivity contribution in [2.75, 3.05) is 5.75 Å². The third-order valence-corrected chi connectivity index (χ3v) is 5.21. The molecule has 0 bridgehead atoms. The third kappa shape index (κ3) is 4.58. The molecule has 3 rings (SSSR count). The quantitative estimate of drug-likeness (QED) is 0.610. The van der Waals surface area contributed by atoms with Crippen molar-refractivity contribution in [3.63, 3.8) is 0 Å². The zero-order chi connectivity index (χ0) is 18.5. The average molecular weight is 407 g/mol. The van der Waals surface area contributed by atoms with E-state index in [1.54, 1.807) is 17.0 Å². The van der Waals surface area contributed by atoms with Crippen LogP contribution in [0.15, 0.2) is 60.0 Å². The maximum Gasteiger partial charge on any atom is 0.230 e. The van der Waals surface area contributed by atoms with Crippen molar-refractivity contribution in [2.24, 2.45) is 0 Å². The van der Waals surface area contributed by atoms with Crippen molar-refractivity contribution in [3.8, 4) is 5.69 Å². The Morgan fingerprint density at radius 2 is 2.04 bits per heavy atom. The first-order chi connectivity index (χ1) is 12.5. The summed E-state index contributed by atoms with van der Waals surface area (Å²) in [7, 11) is 0. The topological polar surface area (TPSA) is 59.8 Å². The van der Waals surface area contributed by atoms with E-state index in [1.165, 1.54) is 11.8 Å². The van der Waals surface area contributed by atoms with Gasteiger partial charge in [0.25, 0.3) is 0 Å². The van der Waals surface area contributed by atoms with E-state index in [0.717, 1.165) is 11.3 Å². The fraction of sp³-hybridized carbons (Fsp3) is 0.167. The highest BCUT2D eigenvalue weighted by Crippen LogP contribution is 2.24. The Morgan fingerprint density at radius 1 is 1.23 bits per heavy atom. The van der Waals surface area contributed by atoms with Gasteiger partial charge in [0.15, 0.2) is 5.16 Å². The maximum atomic E-state index is 12.3. The lowest BCUT2D eigenvalue weighted by molar-refractivity contribution is -0.119. The number of nitrogens with zero attached hydrogens (tertiary/aromatic N) is 3. The van der Waals surface area contributed by atoms with Crippen LogP contribution in [0.4, 0.5) is 0 Å². The van der Waals surface area contributed by atoms with Crippen molar-refractivity contribution >= 4 is 40.9 Å². The van der Waals surface area contributed by atoms with Crippen molar-refractivity contribution in [3.05, 3.63) is 70.5 Å². The van der Waals surface area contributed by atoms with Gasteiger partial charge in [-0.1, -0.05) is 59.2 Å². The molecule has 0 spiro atoms. The van der Waals surface area contributed by atoms with E-state index in [9.17, 15) is 4.79 Å². The van der Waals surface area contributed by atoms with Crippen molar-refractivity contribution in [2.45, 2.75) is 18.1 Å². The molecule has 1 unspecified atom stereocenters. The highest BCUT2D eigenvalue weighted by atomic mass is 35.5. The van der Waals surface area contributed by atoms with Crippen LogP contribution in [0.2, 0.25) is 10.0 Å². The van der Waals surface area contributed by atoms with Crippen LogP contribution in [0.3, 0.4) is 0 Å². The molecule has 1 N–H and O–H groups in total. The van der Waals surface area contributed by atoms with Crippen LogP contribution in [0, 0.1) is 0 Å². The van der Waals surface area contributed by atoms with Gasteiger partial charge in [-0.25, -0.2) is 0 Å². The molecule has 2 aromatic carbocycles. The van der Waals surface area contributed by atoms with E-state index < -0.39 is 0 Å². The minimum absolute atomic E-state index is 0.108. The second kappa shape index (κ2) is 8.58. The molecule has 8 heteroatoms. The van der Waals surface area contributed by atoms with E-state index in [-0.39, 0.29) is 17.7 Å². The van der Waals surface area contributed by atoms with Gasteiger partial charge < -0.3 is 5.32 Å². The number of amides is 1. The number of rotatable bonds is 6. The molecule has 0 fully saturated rings. The van der Waals surface area contributed by atoms with Gasteiger partial charge in [0, 0.05) is 10.0 Å². The second-order valence-corrected chi connectivity index (χ2v) is 7.35. The summed E-state index contributed by atoms with van der Waals surface area (Å²) in [6, 6.07) is 14.6. The smallest absolute Gasteiger partial charge is 0.230 e. The summed E-state index contributed by atoms with van der Waals surface area (Å²) in [5, 5.41) is 12.8. The number of aromatic nitrogens is 3. The lowest BCUT2D eigenvalue weighted by atomic mass is 10.1. The molecule has 0 saturated carbocycles. The number of thioether (sulfide) groups is 1. The number of halogens is 2. The van der Waals surface area contributed by atoms with Gasteiger partial charge in [-0.15, -0.1) is 10.2 Å². The van der Waals surface area contributed by atoms with E-state index in [4.69, 9.17) is 23.2 Å². The standard InChI is InChI=1S/C18H16Cl2N4OS/c1-12(15-7-2-3-8-16(15)20)22-17(25)10-26-18-23-21-11-24(18)14-6-4-5-13(19)9-14/h2-9,11-12H,10H2,1H3,(H,22,25). The third-order valence-electron chi connectivity index (χ3n) is 3.68. The fourth-order valence-electron chi connectivity index (χ4n) is 2.44. The Balaban J connectivity index is 1.62.